The average molecular weight is 401 g/mol. The van der Waals surface area contributed by atoms with Crippen molar-refractivity contribution in [1.82, 2.24) is 14.2 Å². The molecule has 3 heterocycles. The molecule has 1 saturated heterocycles. The summed E-state index contributed by atoms with van der Waals surface area (Å²) in [6.07, 6.45) is 0.903. The van der Waals surface area contributed by atoms with Crippen LogP contribution in [-0.4, -0.2) is 48.6 Å². The molecule has 1 fully saturated rings. The van der Waals surface area contributed by atoms with Crippen LogP contribution in [0, 0.1) is 5.92 Å². The monoisotopic (exact) mass is 401 g/mol. The fourth-order valence-electron chi connectivity index (χ4n) is 4.19. The van der Waals surface area contributed by atoms with Crippen molar-refractivity contribution in [2.45, 2.75) is 18.9 Å². The molecular weight excluding hydrogens is 378 g/mol. The van der Waals surface area contributed by atoms with Crippen LogP contribution in [0.25, 0.3) is 0 Å². The van der Waals surface area contributed by atoms with E-state index < -0.39 is 10.0 Å². The molecule has 2 aromatic rings. The summed E-state index contributed by atoms with van der Waals surface area (Å²) in [5.41, 5.74) is 1.41. The number of nitrogens with one attached hydrogen (secondary N) is 1. The molecule has 8 heteroatoms. The van der Waals surface area contributed by atoms with E-state index in [2.05, 4.69) is 5.32 Å². The number of fused-ring (bicyclic) bond motifs is 4. The highest BCUT2D eigenvalue weighted by atomic mass is 32.2. The van der Waals surface area contributed by atoms with Crippen LogP contribution in [0.3, 0.4) is 0 Å². The van der Waals surface area contributed by atoms with E-state index in [4.69, 9.17) is 0 Å². The van der Waals surface area contributed by atoms with Gasteiger partial charge in [-0.1, -0.05) is 24.3 Å². The zero-order valence-corrected chi connectivity index (χ0v) is 16.3. The Hall–Kier alpha value is -2.45. The second-order valence-electron chi connectivity index (χ2n) is 7.45. The Morgan fingerprint density at radius 2 is 1.82 bits per heavy atom. The van der Waals surface area contributed by atoms with Crippen molar-refractivity contribution >= 4 is 15.9 Å². The van der Waals surface area contributed by atoms with E-state index in [9.17, 15) is 18.0 Å². The number of hydrogen-bond acceptors (Lipinski definition) is 4. The average Bonchev–Trinajstić information content (AvgIpc) is 2.69. The number of carbonyl (C=O) groups excluding carboxylic acids is 1. The topological polar surface area (TPSA) is 88.5 Å². The van der Waals surface area contributed by atoms with Gasteiger partial charge in [-0.15, -0.1) is 0 Å². The second-order valence-corrected chi connectivity index (χ2v) is 9.54. The molecule has 148 valence electrons. The number of carbonyl (C=O) groups is 1. The van der Waals surface area contributed by atoms with Crippen LogP contribution < -0.4 is 10.9 Å². The standard InChI is InChI=1S/C20H23N3O4S/c24-19-8-4-7-18-17-11-15(13-23(18)19)12-22(14-17)28(26,27)10-9-21-20(25)16-5-2-1-3-6-16/h1-8,15,17H,9-14H2,(H,21,25)/t15-,17+/m1/s1. The zero-order valence-electron chi connectivity index (χ0n) is 15.5. The van der Waals surface area contributed by atoms with Crippen LogP contribution in [0.4, 0.5) is 0 Å². The Morgan fingerprint density at radius 1 is 1.04 bits per heavy atom. The maximum atomic E-state index is 12.8. The Balaban J connectivity index is 1.40. The van der Waals surface area contributed by atoms with Gasteiger partial charge in [-0.2, -0.15) is 0 Å². The van der Waals surface area contributed by atoms with Gasteiger partial charge in [0, 0.05) is 49.4 Å². The van der Waals surface area contributed by atoms with Crippen LogP contribution in [0.2, 0.25) is 0 Å². The number of pyridine rings is 1. The SMILES string of the molecule is O=C(NCCS(=O)(=O)N1C[C@H]2C[C@@H](C1)c1cccc(=O)n1C2)c1ccccc1. The Morgan fingerprint density at radius 3 is 2.61 bits per heavy atom. The Bertz CT molecular complexity index is 1030. The quantitative estimate of drug-likeness (QED) is 0.810. The van der Waals surface area contributed by atoms with Gasteiger partial charge in [-0.25, -0.2) is 12.7 Å². The summed E-state index contributed by atoms with van der Waals surface area (Å²) in [5.74, 6) is -0.234. The van der Waals surface area contributed by atoms with Gasteiger partial charge in [0.15, 0.2) is 0 Å². The molecule has 2 bridgehead atoms. The molecule has 2 atom stereocenters. The number of sulfonamides is 1. The third-order valence-corrected chi connectivity index (χ3v) is 7.33. The van der Waals surface area contributed by atoms with Gasteiger partial charge >= 0.3 is 0 Å². The van der Waals surface area contributed by atoms with Gasteiger partial charge in [0.1, 0.15) is 0 Å². The summed E-state index contributed by atoms with van der Waals surface area (Å²) < 4.78 is 28.9. The molecule has 0 aliphatic carbocycles. The molecule has 4 rings (SSSR count). The lowest BCUT2D eigenvalue weighted by Crippen LogP contribution is -2.50. The Labute approximate surface area is 164 Å². The van der Waals surface area contributed by atoms with Crippen LogP contribution in [0.15, 0.2) is 53.3 Å². The highest BCUT2D eigenvalue weighted by Gasteiger charge is 2.38. The Kier molecular flexibility index (Phi) is 5.07. The van der Waals surface area contributed by atoms with Crippen molar-refractivity contribution in [3.63, 3.8) is 0 Å². The summed E-state index contributed by atoms with van der Waals surface area (Å²) in [4.78, 5) is 24.2. The van der Waals surface area contributed by atoms with E-state index in [1.165, 1.54) is 4.31 Å². The third kappa shape index (κ3) is 3.74. The van der Waals surface area contributed by atoms with E-state index in [1.807, 2.05) is 12.1 Å². The molecule has 0 spiro atoms. The van der Waals surface area contributed by atoms with E-state index in [0.29, 0.717) is 25.2 Å². The van der Waals surface area contributed by atoms with Crippen molar-refractivity contribution in [2.75, 3.05) is 25.4 Å². The summed E-state index contributed by atoms with van der Waals surface area (Å²) in [5, 5.41) is 2.68. The van der Waals surface area contributed by atoms with Crippen molar-refractivity contribution in [2.24, 2.45) is 5.92 Å². The molecule has 0 radical (unpaired) electrons. The van der Waals surface area contributed by atoms with Gasteiger partial charge in [-0.05, 0) is 30.5 Å². The summed E-state index contributed by atoms with van der Waals surface area (Å²) in [6.45, 7) is 1.43. The summed E-state index contributed by atoms with van der Waals surface area (Å²) >= 11 is 0. The molecule has 1 N–H and O–H groups in total. The number of aromatic nitrogens is 1. The van der Waals surface area contributed by atoms with Gasteiger partial charge in [0.25, 0.3) is 11.5 Å². The third-order valence-electron chi connectivity index (χ3n) is 5.52. The summed E-state index contributed by atoms with van der Waals surface area (Å²) in [7, 11) is -3.48. The minimum absolute atomic E-state index is 0.0212. The van der Waals surface area contributed by atoms with Crippen molar-refractivity contribution in [3.8, 4) is 0 Å². The van der Waals surface area contributed by atoms with Gasteiger partial charge in [0.2, 0.25) is 10.0 Å². The van der Waals surface area contributed by atoms with Crippen LogP contribution in [0.1, 0.15) is 28.4 Å². The number of nitrogens with zero attached hydrogens (tertiary/aromatic N) is 2. The molecule has 1 aromatic carbocycles. The lowest BCUT2D eigenvalue weighted by molar-refractivity contribution is 0.0956. The van der Waals surface area contributed by atoms with Gasteiger partial charge in [-0.3, -0.25) is 9.59 Å². The lowest BCUT2D eigenvalue weighted by atomic mass is 9.84. The number of benzene rings is 1. The van der Waals surface area contributed by atoms with Gasteiger partial charge < -0.3 is 9.88 Å². The molecule has 1 amide bonds. The molecular formula is C20H23N3O4S. The number of piperidine rings is 1. The molecule has 28 heavy (non-hydrogen) atoms. The maximum absolute atomic E-state index is 12.8. The van der Waals surface area contributed by atoms with E-state index >= 15 is 0 Å². The van der Waals surface area contributed by atoms with Gasteiger partial charge in [0.05, 0.1) is 5.75 Å². The predicted molar refractivity (Wildman–Crippen MR) is 106 cm³/mol. The van der Waals surface area contributed by atoms with Crippen LogP contribution in [0.5, 0.6) is 0 Å². The highest BCUT2D eigenvalue weighted by molar-refractivity contribution is 7.89. The van der Waals surface area contributed by atoms with Crippen molar-refractivity contribution < 1.29 is 13.2 Å². The fraction of sp³-hybridized carbons (Fsp3) is 0.400. The second kappa shape index (κ2) is 7.52. The van der Waals surface area contributed by atoms with Crippen LogP contribution >= 0.6 is 0 Å². The molecule has 0 saturated carbocycles. The first-order valence-corrected chi connectivity index (χ1v) is 11.1. The number of amides is 1. The summed E-state index contributed by atoms with van der Waals surface area (Å²) in [6, 6.07) is 13.9. The minimum atomic E-state index is -3.48. The van der Waals surface area contributed by atoms with E-state index in [-0.39, 0.29) is 35.6 Å². The zero-order chi connectivity index (χ0) is 19.7. The molecule has 7 nitrogen and oxygen atoms in total. The molecule has 2 aliphatic heterocycles. The lowest BCUT2D eigenvalue weighted by Gasteiger charge is -2.42. The van der Waals surface area contributed by atoms with Crippen molar-refractivity contribution in [3.05, 3.63) is 70.1 Å². The van der Waals surface area contributed by atoms with E-state index in [1.54, 1.807) is 41.0 Å². The first-order valence-electron chi connectivity index (χ1n) is 9.45. The highest BCUT2D eigenvalue weighted by Crippen LogP contribution is 2.35. The largest absolute Gasteiger partial charge is 0.351 e. The minimum Gasteiger partial charge on any atom is -0.351 e. The van der Waals surface area contributed by atoms with Crippen molar-refractivity contribution in [1.29, 1.82) is 0 Å². The van der Waals surface area contributed by atoms with E-state index in [0.717, 1.165) is 12.1 Å². The number of rotatable bonds is 5. The smallest absolute Gasteiger partial charge is 0.251 e. The maximum Gasteiger partial charge on any atom is 0.251 e. The first-order chi connectivity index (χ1) is 13.4. The fourth-order valence-corrected chi connectivity index (χ4v) is 5.66. The molecule has 1 aromatic heterocycles. The molecule has 0 unspecified atom stereocenters. The first kappa shape index (κ1) is 18.9. The van der Waals surface area contributed by atoms with Crippen LogP contribution in [-0.2, 0) is 16.6 Å². The predicted octanol–water partition coefficient (Wildman–Crippen LogP) is 1.03. The number of hydrogen-bond donors (Lipinski definition) is 1. The normalized spacial score (nSPS) is 21.7. The molecule has 2 aliphatic rings.